The first-order chi connectivity index (χ1) is 12.4. The number of benzene rings is 1. The zero-order valence-electron chi connectivity index (χ0n) is 15.1. The van der Waals surface area contributed by atoms with Crippen molar-refractivity contribution in [3.63, 3.8) is 0 Å². The molecule has 0 unspecified atom stereocenters. The van der Waals surface area contributed by atoms with E-state index in [2.05, 4.69) is 0 Å². The summed E-state index contributed by atoms with van der Waals surface area (Å²) in [4.78, 5) is 11.5. The fourth-order valence-corrected chi connectivity index (χ4v) is 2.89. The number of hydrogen-bond acceptors (Lipinski definition) is 5. The maximum absolute atomic E-state index is 11.5. The fourth-order valence-electron chi connectivity index (χ4n) is 2.89. The van der Waals surface area contributed by atoms with E-state index in [-0.39, 0.29) is 0 Å². The van der Waals surface area contributed by atoms with Crippen LogP contribution in [0.1, 0.15) is 27.2 Å². The Kier molecular flexibility index (Phi) is 5.28. The van der Waals surface area contributed by atoms with E-state index < -0.39 is 11.7 Å². The monoisotopic (exact) mass is 354 g/mol. The van der Waals surface area contributed by atoms with Crippen molar-refractivity contribution < 1.29 is 18.7 Å². The molecule has 3 rings (SSSR count). The highest BCUT2D eigenvalue weighted by Crippen LogP contribution is 2.35. The van der Waals surface area contributed by atoms with Gasteiger partial charge in [0.2, 0.25) is 0 Å². The standard InChI is InChI=1S/C21H22O5/c1-13(2)10-15(22)11-14(3)6-8-25-21-16-4-5-20(23)26-19(16)12-18-17(21)7-9-24-18/h4-7,9-10,12,15,22H,8,11H2,1-3H3/b14-6+/t15-/m0/s1. The van der Waals surface area contributed by atoms with Gasteiger partial charge in [0.15, 0.2) is 0 Å². The number of aliphatic hydroxyl groups is 1. The lowest BCUT2D eigenvalue weighted by Crippen LogP contribution is -2.04. The summed E-state index contributed by atoms with van der Waals surface area (Å²) in [6.07, 6.45) is 5.40. The van der Waals surface area contributed by atoms with E-state index in [1.807, 2.05) is 39.0 Å². The summed E-state index contributed by atoms with van der Waals surface area (Å²) in [6.45, 7) is 6.22. The van der Waals surface area contributed by atoms with Gasteiger partial charge in [-0.15, -0.1) is 0 Å². The molecular weight excluding hydrogens is 332 g/mol. The van der Waals surface area contributed by atoms with Gasteiger partial charge in [0.1, 0.15) is 23.5 Å². The Morgan fingerprint density at radius 3 is 2.73 bits per heavy atom. The summed E-state index contributed by atoms with van der Waals surface area (Å²) in [7, 11) is 0. The van der Waals surface area contributed by atoms with Crippen molar-refractivity contribution in [1.29, 1.82) is 0 Å². The van der Waals surface area contributed by atoms with E-state index in [1.54, 1.807) is 18.4 Å². The Morgan fingerprint density at radius 2 is 1.96 bits per heavy atom. The molecule has 0 radical (unpaired) electrons. The molecule has 1 aromatic carbocycles. The molecule has 5 nitrogen and oxygen atoms in total. The van der Waals surface area contributed by atoms with Crippen LogP contribution >= 0.6 is 0 Å². The van der Waals surface area contributed by atoms with Crippen LogP contribution in [0.25, 0.3) is 21.9 Å². The minimum Gasteiger partial charge on any atom is -0.488 e. The lowest BCUT2D eigenvalue weighted by Gasteiger charge is -2.10. The Morgan fingerprint density at radius 1 is 1.19 bits per heavy atom. The summed E-state index contributed by atoms with van der Waals surface area (Å²) >= 11 is 0. The number of fused-ring (bicyclic) bond motifs is 2. The van der Waals surface area contributed by atoms with Crippen LogP contribution in [0.5, 0.6) is 5.75 Å². The van der Waals surface area contributed by atoms with Gasteiger partial charge in [0.05, 0.1) is 23.1 Å². The molecule has 0 aliphatic rings. The second-order valence-electron chi connectivity index (χ2n) is 6.58. The first-order valence-electron chi connectivity index (χ1n) is 8.49. The van der Waals surface area contributed by atoms with Gasteiger partial charge in [-0.25, -0.2) is 4.79 Å². The van der Waals surface area contributed by atoms with Crippen LogP contribution in [0, 0.1) is 0 Å². The molecule has 1 N–H and O–H groups in total. The Bertz CT molecular complexity index is 1030. The molecule has 2 aromatic heterocycles. The van der Waals surface area contributed by atoms with Gasteiger partial charge < -0.3 is 18.7 Å². The van der Waals surface area contributed by atoms with Gasteiger partial charge >= 0.3 is 5.63 Å². The molecule has 0 saturated heterocycles. The molecule has 136 valence electrons. The van der Waals surface area contributed by atoms with E-state index in [1.165, 1.54) is 6.07 Å². The molecule has 0 fully saturated rings. The Labute approximate surface area is 151 Å². The van der Waals surface area contributed by atoms with Crippen molar-refractivity contribution in [1.82, 2.24) is 0 Å². The summed E-state index contributed by atoms with van der Waals surface area (Å²) in [5, 5.41) is 11.5. The van der Waals surface area contributed by atoms with Crippen LogP contribution in [-0.2, 0) is 0 Å². The summed E-state index contributed by atoms with van der Waals surface area (Å²) in [5.74, 6) is 0.615. The zero-order valence-corrected chi connectivity index (χ0v) is 15.1. The van der Waals surface area contributed by atoms with Crippen molar-refractivity contribution in [2.45, 2.75) is 33.3 Å². The molecule has 26 heavy (non-hydrogen) atoms. The van der Waals surface area contributed by atoms with E-state index in [0.717, 1.165) is 16.5 Å². The third-order valence-electron chi connectivity index (χ3n) is 4.03. The van der Waals surface area contributed by atoms with Gasteiger partial charge in [0, 0.05) is 12.1 Å². The Hall–Kier alpha value is -2.79. The van der Waals surface area contributed by atoms with Crippen LogP contribution in [0.2, 0.25) is 0 Å². The van der Waals surface area contributed by atoms with E-state index in [4.69, 9.17) is 13.6 Å². The summed E-state index contributed by atoms with van der Waals surface area (Å²) < 4.78 is 16.6. The number of ether oxygens (including phenoxy) is 1. The molecule has 3 aromatic rings. The summed E-state index contributed by atoms with van der Waals surface area (Å²) in [6, 6.07) is 6.58. The van der Waals surface area contributed by atoms with Gasteiger partial charge in [-0.3, -0.25) is 0 Å². The maximum atomic E-state index is 11.5. The minimum atomic E-state index is -0.497. The first-order valence-corrected chi connectivity index (χ1v) is 8.49. The summed E-state index contributed by atoms with van der Waals surface area (Å²) in [5.41, 5.74) is 2.72. The minimum absolute atomic E-state index is 0.339. The third kappa shape index (κ3) is 4.06. The van der Waals surface area contributed by atoms with Gasteiger partial charge in [-0.2, -0.15) is 0 Å². The molecule has 2 heterocycles. The maximum Gasteiger partial charge on any atom is 0.336 e. The van der Waals surface area contributed by atoms with Gasteiger partial charge in [-0.1, -0.05) is 17.2 Å². The van der Waals surface area contributed by atoms with Crippen LogP contribution < -0.4 is 10.4 Å². The van der Waals surface area contributed by atoms with Gasteiger partial charge in [-0.05, 0) is 45.4 Å². The van der Waals surface area contributed by atoms with Crippen LogP contribution in [0.4, 0.5) is 0 Å². The molecule has 0 saturated carbocycles. The largest absolute Gasteiger partial charge is 0.488 e. The number of rotatable bonds is 6. The van der Waals surface area contributed by atoms with E-state index in [9.17, 15) is 9.90 Å². The smallest absolute Gasteiger partial charge is 0.336 e. The number of furan rings is 1. The highest BCUT2D eigenvalue weighted by atomic mass is 16.5. The van der Waals surface area contributed by atoms with Crippen molar-refractivity contribution in [3.05, 3.63) is 64.2 Å². The van der Waals surface area contributed by atoms with Gasteiger partial charge in [0.25, 0.3) is 0 Å². The molecule has 0 bridgehead atoms. The third-order valence-corrected chi connectivity index (χ3v) is 4.03. The second-order valence-corrected chi connectivity index (χ2v) is 6.58. The molecular formula is C21H22O5. The average molecular weight is 354 g/mol. The zero-order chi connectivity index (χ0) is 18.7. The molecule has 1 atom stereocenters. The second kappa shape index (κ2) is 7.62. The first kappa shape index (κ1) is 18.0. The van der Waals surface area contributed by atoms with Crippen LogP contribution in [0.15, 0.2) is 67.5 Å². The molecule has 0 spiro atoms. The van der Waals surface area contributed by atoms with Crippen molar-refractivity contribution >= 4 is 21.9 Å². The Balaban J connectivity index is 1.83. The normalized spacial score (nSPS) is 13.2. The van der Waals surface area contributed by atoms with Crippen LogP contribution in [-0.4, -0.2) is 17.8 Å². The quantitative estimate of drug-likeness (QED) is 0.518. The van der Waals surface area contributed by atoms with Crippen molar-refractivity contribution in [3.8, 4) is 5.75 Å². The van der Waals surface area contributed by atoms with Crippen LogP contribution in [0.3, 0.4) is 0 Å². The number of aliphatic hydroxyl groups excluding tert-OH is 1. The lowest BCUT2D eigenvalue weighted by atomic mass is 10.1. The topological polar surface area (TPSA) is 72.8 Å². The SMILES string of the molecule is CC(C)=C[C@H](O)C/C(C)=C/COc1c2ccoc2cc2oc(=O)ccc12. The van der Waals surface area contributed by atoms with E-state index in [0.29, 0.717) is 35.3 Å². The van der Waals surface area contributed by atoms with Crippen molar-refractivity contribution in [2.75, 3.05) is 6.61 Å². The lowest BCUT2D eigenvalue weighted by molar-refractivity contribution is 0.222. The molecule has 0 aliphatic heterocycles. The molecule has 5 heteroatoms. The number of allylic oxidation sites excluding steroid dienone is 1. The highest BCUT2D eigenvalue weighted by molar-refractivity contribution is 6.01. The molecule has 0 aliphatic carbocycles. The number of hydrogen-bond donors (Lipinski definition) is 1. The predicted molar refractivity (Wildman–Crippen MR) is 102 cm³/mol. The average Bonchev–Trinajstić information content (AvgIpc) is 3.01. The van der Waals surface area contributed by atoms with Crippen molar-refractivity contribution in [2.24, 2.45) is 0 Å². The fraction of sp³-hybridized carbons (Fsp3) is 0.286. The van der Waals surface area contributed by atoms with E-state index >= 15 is 0 Å². The predicted octanol–water partition coefficient (Wildman–Crippen LogP) is 4.58. The highest BCUT2D eigenvalue weighted by Gasteiger charge is 2.13. The molecule has 0 amide bonds.